The number of hydrogen-bond donors (Lipinski definition) is 3. The van der Waals surface area contributed by atoms with Gasteiger partial charge in [0.1, 0.15) is 29.4 Å². The van der Waals surface area contributed by atoms with Gasteiger partial charge in [-0.25, -0.2) is 29.0 Å². The minimum atomic E-state index is -1.08. The number of halogens is 1. The first kappa shape index (κ1) is 30.1. The monoisotopic (exact) mass is 595 g/mol. The van der Waals surface area contributed by atoms with Crippen LogP contribution in [-0.4, -0.2) is 73.0 Å². The Morgan fingerprint density at radius 1 is 1.16 bits per heavy atom. The smallest absolute Gasteiger partial charge is 0.410 e. The lowest BCUT2D eigenvalue weighted by molar-refractivity contribution is -0.296. The van der Waals surface area contributed by atoms with Gasteiger partial charge >= 0.3 is 6.09 Å². The molecule has 13 nitrogen and oxygen atoms in total. The van der Waals surface area contributed by atoms with Crippen molar-refractivity contribution in [3.8, 4) is 17.6 Å². The lowest BCUT2D eigenvalue weighted by Gasteiger charge is -2.30. The van der Waals surface area contributed by atoms with Gasteiger partial charge in [-0.1, -0.05) is 5.92 Å². The number of nitrogen functional groups attached to an aromatic ring is 1. The third-order valence-electron chi connectivity index (χ3n) is 7.44. The van der Waals surface area contributed by atoms with E-state index in [1.54, 1.807) is 16.4 Å². The summed E-state index contributed by atoms with van der Waals surface area (Å²) in [6.07, 6.45) is 2.22. The average molecular weight is 596 g/mol. The average Bonchev–Trinajstić information content (AvgIpc) is 3.71. The molecule has 4 N–H and O–H groups in total. The molecule has 1 aliphatic heterocycles. The Morgan fingerprint density at radius 2 is 1.88 bits per heavy atom. The van der Waals surface area contributed by atoms with Crippen LogP contribution < -0.4 is 15.8 Å². The fourth-order valence-electron chi connectivity index (χ4n) is 4.75. The topological polar surface area (TPSA) is 167 Å². The van der Waals surface area contributed by atoms with Gasteiger partial charge in [-0.05, 0) is 75.6 Å². The fraction of sp³-hybridized carbons (Fsp3) is 0.483. The Kier molecular flexibility index (Phi) is 9.34. The van der Waals surface area contributed by atoms with Gasteiger partial charge in [-0.15, -0.1) is 0 Å². The summed E-state index contributed by atoms with van der Waals surface area (Å²) in [5.74, 6) is 6.28. The Bertz CT molecular complexity index is 1510. The summed E-state index contributed by atoms with van der Waals surface area (Å²) in [5.41, 5.74) is 6.90. The molecule has 0 spiro atoms. The number of carbonyl (C=O) groups excluding carboxylic acids is 2. The van der Waals surface area contributed by atoms with Crippen molar-refractivity contribution in [2.75, 3.05) is 18.8 Å². The van der Waals surface area contributed by atoms with Crippen LogP contribution >= 0.6 is 0 Å². The maximum absolute atomic E-state index is 13.1. The lowest BCUT2D eigenvalue weighted by atomic mass is 9.94. The van der Waals surface area contributed by atoms with Crippen molar-refractivity contribution in [3.05, 3.63) is 42.2 Å². The Morgan fingerprint density at radius 3 is 2.56 bits per heavy atom. The van der Waals surface area contributed by atoms with E-state index in [0.717, 1.165) is 25.7 Å². The minimum absolute atomic E-state index is 0.111. The fourth-order valence-corrected chi connectivity index (χ4v) is 4.75. The summed E-state index contributed by atoms with van der Waals surface area (Å²) in [7, 11) is 0. The van der Waals surface area contributed by atoms with E-state index in [1.807, 2.05) is 0 Å². The summed E-state index contributed by atoms with van der Waals surface area (Å²) in [6.45, 7) is 4.30. The number of rotatable bonds is 9. The Hall–Kier alpha value is -4.32. The van der Waals surface area contributed by atoms with Crippen LogP contribution in [0.25, 0.3) is 11.2 Å². The highest BCUT2D eigenvalue weighted by Crippen LogP contribution is 2.25. The number of aromatic nitrogens is 4. The zero-order valence-corrected chi connectivity index (χ0v) is 23.9. The first-order valence-corrected chi connectivity index (χ1v) is 14.2. The van der Waals surface area contributed by atoms with Crippen LogP contribution in [0.2, 0.25) is 0 Å². The molecule has 1 aliphatic carbocycles. The number of amides is 2. The molecular weight excluding hydrogens is 561 g/mol. The number of nitrogens with one attached hydrogen (secondary N) is 1. The number of imidazole rings is 1. The van der Waals surface area contributed by atoms with E-state index in [1.165, 1.54) is 37.5 Å². The van der Waals surface area contributed by atoms with Crippen LogP contribution in [0.3, 0.4) is 0 Å². The second-order valence-corrected chi connectivity index (χ2v) is 10.8. The maximum Gasteiger partial charge on any atom is 0.415 e. The number of anilines is 1. The highest BCUT2D eigenvalue weighted by Gasteiger charge is 2.34. The Labute approximate surface area is 247 Å². The van der Waals surface area contributed by atoms with Crippen LogP contribution in [-0.2, 0) is 14.4 Å². The van der Waals surface area contributed by atoms with Crippen LogP contribution in [0.4, 0.5) is 15.0 Å². The number of piperidine rings is 1. The molecule has 1 unspecified atom stereocenters. The number of likely N-dealkylation sites (tertiary alicyclic amines) is 1. The SMILES string of the molecule is CC(OO)[C@H](O[C@H](C)n1cnc2c(N)nc(C#CCC3CCN(C(=O)Oc4ccc(F)cc4)CC3)nc21)C(=O)NC1CC1. The van der Waals surface area contributed by atoms with Crippen LogP contribution in [0.15, 0.2) is 30.6 Å². The van der Waals surface area contributed by atoms with E-state index in [0.29, 0.717) is 36.4 Å². The van der Waals surface area contributed by atoms with E-state index >= 15 is 0 Å². The van der Waals surface area contributed by atoms with E-state index in [2.05, 4.69) is 37.0 Å². The lowest BCUT2D eigenvalue weighted by Crippen LogP contribution is -2.45. The van der Waals surface area contributed by atoms with Gasteiger partial charge in [0.15, 0.2) is 17.6 Å². The molecule has 14 heteroatoms. The first-order chi connectivity index (χ1) is 20.7. The van der Waals surface area contributed by atoms with Gasteiger partial charge in [0.2, 0.25) is 5.82 Å². The molecule has 1 saturated carbocycles. The Balaban J connectivity index is 1.19. The van der Waals surface area contributed by atoms with Crippen molar-refractivity contribution in [3.63, 3.8) is 0 Å². The summed E-state index contributed by atoms with van der Waals surface area (Å²) in [5, 5.41) is 12.1. The molecule has 3 heterocycles. The predicted molar refractivity (Wildman–Crippen MR) is 152 cm³/mol. The molecule has 43 heavy (non-hydrogen) atoms. The molecule has 3 atom stereocenters. The molecule has 228 valence electrons. The van der Waals surface area contributed by atoms with Crippen molar-refractivity contribution in [2.24, 2.45) is 5.92 Å². The molecule has 1 aromatic carbocycles. The molecular formula is C29H34FN7O6. The highest BCUT2D eigenvalue weighted by molar-refractivity contribution is 5.83. The van der Waals surface area contributed by atoms with E-state index in [4.69, 9.17) is 15.2 Å². The van der Waals surface area contributed by atoms with Crippen LogP contribution in [0.5, 0.6) is 5.75 Å². The number of nitrogens with two attached hydrogens (primary N) is 1. The van der Waals surface area contributed by atoms with Gasteiger partial charge < -0.3 is 25.4 Å². The number of benzene rings is 1. The number of nitrogens with zero attached hydrogens (tertiary/aromatic N) is 5. The summed E-state index contributed by atoms with van der Waals surface area (Å²) in [6, 6.07) is 5.43. The molecule has 0 radical (unpaired) electrons. The van der Waals surface area contributed by atoms with Crippen LogP contribution in [0, 0.1) is 23.6 Å². The van der Waals surface area contributed by atoms with Gasteiger partial charge in [-0.3, -0.25) is 14.6 Å². The normalized spacial score (nSPS) is 17.5. The van der Waals surface area contributed by atoms with Crippen molar-refractivity contribution in [2.45, 2.75) is 70.4 Å². The van der Waals surface area contributed by atoms with Crippen molar-refractivity contribution in [1.82, 2.24) is 29.7 Å². The largest absolute Gasteiger partial charge is 0.415 e. The predicted octanol–water partition coefficient (Wildman–Crippen LogP) is 3.26. The molecule has 0 bridgehead atoms. The molecule has 5 rings (SSSR count). The van der Waals surface area contributed by atoms with E-state index in [9.17, 15) is 19.2 Å². The van der Waals surface area contributed by atoms with Gasteiger partial charge in [0, 0.05) is 25.6 Å². The standard InChI is InChI=1S/C29H34FN7O6/c1-17(43-40)25(28(38)33-21-8-9-21)41-18(2)37-16-32-24-26(31)34-23(35-27(24)37)5-3-4-19-12-14-36(15-13-19)29(39)42-22-10-6-20(30)7-11-22/h6-7,10-11,16-19,21,25,40H,4,8-9,12-15H2,1-2H3,(H,33,38)(H2,31,34,35)/t17?,18-,25+/m1/s1. The molecule has 1 saturated heterocycles. The highest BCUT2D eigenvalue weighted by atomic mass is 19.1. The number of carbonyl (C=O) groups is 2. The molecule has 2 amide bonds. The van der Waals surface area contributed by atoms with Crippen molar-refractivity contribution >= 4 is 29.0 Å². The number of fused-ring (bicyclic) bond motifs is 1. The van der Waals surface area contributed by atoms with Crippen molar-refractivity contribution < 1.29 is 33.6 Å². The van der Waals surface area contributed by atoms with Crippen molar-refractivity contribution in [1.29, 1.82) is 0 Å². The van der Waals surface area contributed by atoms with E-state index in [-0.39, 0.29) is 29.5 Å². The first-order valence-electron chi connectivity index (χ1n) is 14.2. The van der Waals surface area contributed by atoms with Gasteiger partial charge in [0.05, 0.1) is 6.33 Å². The molecule has 2 aromatic heterocycles. The summed E-state index contributed by atoms with van der Waals surface area (Å²) >= 11 is 0. The zero-order chi connectivity index (χ0) is 30.5. The summed E-state index contributed by atoms with van der Waals surface area (Å²) < 4.78 is 26.0. The maximum atomic E-state index is 13.1. The molecule has 2 aliphatic rings. The number of ether oxygens (including phenoxy) is 2. The second-order valence-electron chi connectivity index (χ2n) is 10.8. The number of hydrogen-bond acceptors (Lipinski definition) is 10. The molecule has 2 fully saturated rings. The molecule has 3 aromatic rings. The third kappa shape index (κ3) is 7.56. The summed E-state index contributed by atoms with van der Waals surface area (Å²) in [4.78, 5) is 44.3. The quantitative estimate of drug-likeness (QED) is 0.190. The van der Waals surface area contributed by atoms with Crippen LogP contribution in [0.1, 0.15) is 58.0 Å². The van der Waals surface area contributed by atoms with Gasteiger partial charge in [-0.2, -0.15) is 0 Å². The second kappa shape index (κ2) is 13.3. The van der Waals surface area contributed by atoms with Gasteiger partial charge in [0.25, 0.3) is 5.91 Å². The minimum Gasteiger partial charge on any atom is -0.410 e. The van der Waals surface area contributed by atoms with E-state index < -0.39 is 30.3 Å². The third-order valence-corrected chi connectivity index (χ3v) is 7.44. The zero-order valence-electron chi connectivity index (χ0n) is 23.9.